The standard InChI is InChI=1S/C16H15N/c1-2-4-13-11(3-1)5-8-15-14(13)7-6-12-9-10-17-16(12)15/h1-8,12,16-17H,9-10H2. The van der Waals surface area contributed by atoms with Gasteiger partial charge in [0.25, 0.3) is 0 Å². The summed E-state index contributed by atoms with van der Waals surface area (Å²) in [4.78, 5) is 0. The highest BCUT2D eigenvalue weighted by atomic mass is 15.0. The second-order valence-electron chi connectivity index (χ2n) is 5.03. The third-order valence-corrected chi connectivity index (χ3v) is 4.12. The smallest absolute Gasteiger partial charge is 0.0390 e. The third-order valence-electron chi connectivity index (χ3n) is 4.12. The van der Waals surface area contributed by atoms with Gasteiger partial charge in [-0.25, -0.2) is 0 Å². The quantitative estimate of drug-likeness (QED) is 0.717. The van der Waals surface area contributed by atoms with Crippen LogP contribution in [0.3, 0.4) is 0 Å². The van der Waals surface area contributed by atoms with Gasteiger partial charge in [0.15, 0.2) is 0 Å². The van der Waals surface area contributed by atoms with Crippen molar-refractivity contribution in [3.63, 3.8) is 0 Å². The lowest BCUT2D eigenvalue weighted by Gasteiger charge is -2.24. The molecule has 1 fully saturated rings. The molecule has 1 aliphatic carbocycles. The molecule has 84 valence electrons. The zero-order valence-electron chi connectivity index (χ0n) is 9.69. The van der Waals surface area contributed by atoms with Gasteiger partial charge >= 0.3 is 0 Å². The highest BCUT2D eigenvalue weighted by Gasteiger charge is 2.30. The SMILES string of the molecule is C1=CC2CCNC2c2ccc3ccccc3c21. The number of nitrogens with one attached hydrogen (secondary N) is 1. The summed E-state index contributed by atoms with van der Waals surface area (Å²) in [5, 5.41) is 6.35. The van der Waals surface area contributed by atoms with E-state index in [2.05, 4.69) is 53.9 Å². The summed E-state index contributed by atoms with van der Waals surface area (Å²) >= 11 is 0. The molecule has 1 saturated heterocycles. The summed E-state index contributed by atoms with van der Waals surface area (Å²) in [5.74, 6) is 0.698. The molecule has 0 radical (unpaired) electrons. The Morgan fingerprint density at radius 1 is 1.06 bits per heavy atom. The van der Waals surface area contributed by atoms with Gasteiger partial charge in [-0.1, -0.05) is 48.6 Å². The van der Waals surface area contributed by atoms with Gasteiger partial charge in [-0.15, -0.1) is 0 Å². The maximum atomic E-state index is 3.63. The van der Waals surface area contributed by atoms with E-state index >= 15 is 0 Å². The van der Waals surface area contributed by atoms with E-state index < -0.39 is 0 Å². The van der Waals surface area contributed by atoms with Crippen LogP contribution in [0.15, 0.2) is 42.5 Å². The Hall–Kier alpha value is -1.60. The molecule has 1 heteroatoms. The van der Waals surface area contributed by atoms with Crippen LogP contribution < -0.4 is 5.32 Å². The topological polar surface area (TPSA) is 12.0 Å². The van der Waals surface area contributed by atoms with E-state index in [1.54, 1.807) is 0 Å². The molecule has 2 atom stereocenters. The number of hydrogen-bond donors (Lipinski definition) is 1. The van der Waals surface area contributed by atoms with E-state index in [0.29, 0.717) is 12.0 Å². The second kappa shape index (κ2) is 3.44. The molecule has 0 spiro atoms. The Morgan fingerprint density at radius 2 is 2.00 bits per heavy atom. The van der Waals surface area contributed by atoms with Gasteiger partial charge in [0.1, 0.15) is 0 Å². The summed E-state index contributed by atoms with van der Waals surface area (Å²) in [6.07, 6.45) is 5.98. The van der Waals surface area contributed by atoms with Crippen molar-refractivity contribution in [2.24, 2.45) is 5.92 Å². The lowest BCUT2D eigenvalue weighted by Crippen LogP contribution is -2.20. The van der Waals surface area contributed by atoms with Gasteiger partial charge in [0.2, 0.25) is 0 Å². The Kier molecular flexibility index (Phi) is 1.91. The number of fused-ring (bicyclic) bond motifs is 5. The summed E-state index contributed by atoms with van der Waals surface area (Å²) in [5.41, 5.74) is 2.90. The Morgan fingerprint density at radius 3 is 3.00 bits per heavy atom. The molecule has 0 amide bonds. The zero-order chi connectivity index (χ0) is 11.2. The molecule has 0 aromatic heterocycles. The number of hydrogen-bond acceptors (Lipinski definition) is 1. The molecule has 2 aliphatic rings. The minimum absolute atomic E-state index is 0.541. The fourth-order valence-electron chi connectivity index (χ4n) is 3.26. The van der Waals surface area contributed by atoms with Crippen molar-refractivity contribution >= 4 is 16.8 Å². The maximum Gasteiger partial charge on any atom is 0.0390 e. The van der Waals surface area contributed by atoms with Crippen LogP contribution in [-0.4, -0.2) is 6.54 Å². The van der Waals surface area contributed by atoms with Gasteiger partial charge in [0, 0.05) is 6.04 Å². The van der Waals surface area contributed by atoms with Crippen molar-refractivity contribution in [2.45, 2.75) is 12.5 Å². The lowest BCUT2D eigenvalue weighted by molar-refractivity contribution is 0.546. The Balaban J connectivity index is 2.02. The average molecular weight is 221 g/mol. The van der Waals surface area contributed by atoms with Crippen molar-refractivity contribution in [2.75, 3.05) is 6.54 Å². The number of benzene rings is 2. The first kappa shape index (κ1) is 9.43. The number of rotatable bonds is 0. The van der Waals surface area contributed by atoms with Crippen LogP contribution in [0.5, 0.6) is 0 Å². The largest absolute Gasteiger partial charge is 0.309 e. The minimum Gasteiger partial charge on any atom is -0.309 e. The molecule has 0 saturated carbocycles. The molecular formula is C16H15N. The van der Waals surface area contributed by atoms with Gasteiger partial charge in [0.05, 0.1) is 0 Å². The molecule has 0 bridgehead atoms. The molecule has 2 unspecified atom stereocenters. The zero-order valence-corrected chi connectivity index (χ0v) is 9.69. The van der Waals surface area contributed by atoms with Crippen molar-refractivity contribution < 1.29 is 0 Å². The Labute approximate surface area is 101 Å². The fourth-order valence-corrected chi connectivity index (χ4v) is 3.26. The first-order valence-corrected chi connectivity index (χ1v) is 6.37. The third kappa shape index (κ3) is 1.29. The molecular weight excluding hydrogens is 206 g/mol. The van der Waals surface area contributed by atoms with E-state index in [-0.39, 0.29) is 0 Å². The van der Waals surface area contributed by atoms with Crippen LogP contribution in [0.1, 0.15) is 23.6 Å². The predicted molar refractivity (Wildman–Crippen MR) is 71.8 cm³/mol. The van der Waals surface area contributed by atoms with E-state index in [1.165, 1.54) is 28.3 Å². The molecule has 17 heavy (non-hydrogen) atoms. The van der Waals surface area contributed by atoms with Crippen LogP contribution >= 0.6 is 0 Å². The van der Waals surface area contributed by atoms with Crippen LogP contribution in [-0.2, 0) is 0 Å². The van der Waals surface area contributed by atoms with Crippen LogP contribution in [0, 0.1) is 5.92 Å². The van der Waals surface area contributed by atoms with E-state index in [0.717, 1.165) is 6.54 Å². The van der Waals surface area contributed by atoms with Gasteiger partial charge in [-0.3, -0.25) is 0 Å². The van der Waals surface area contributed by atoms with E-state index in [1.807, 2.05) is 0 Å². The summed E-state index contributed by atoms with van der Waals surface area (Å²) < 4.78 is 0. The molecule has 4 rings (SSSR count). The first-order chi connectivity index (χ1) is 8.43. The van der Waals surface area contributed by atoms with E-state index in [4.69, 9.17) is 0 Å². The van der Waals surface area contributed by atoms with Crippen molar-refractivity contribution in [1.82, 2.24) is 5.32 Å². The fraction of sp³-hybridized carbons (Fsp3) is 0.250. The normalized spacial score (nSPS) is 25.9. The molecule has 1 nitrogen and oxygen atoms in total. The maximum absolute atomic E-state index is 3.63. The van der Waals surface area contributed by atoms with Gasteiger partial charge in [-0.05, 0) is 40.8 Å². The molecule has 1 aliphatic heterocycles. The van der Waals surface area contributed by atoms with Crippen LogP contribution in [0.2, 0.25) is 0 Å². The summed E-state index contributed by atoms with van der Waals surface area (Å²) in [7, 11) is 0. The highest BCUT2D eigenvalue weighted by Crippen LogP contribution is 2.39. The highest BCUT2D eigenvalue weighted by molar-refractivity contribution is 5.92. The van der Waals surface area contributed by atoms with Crippen molar-refractivity contribution in [3.05, 3.63) is 53.6 Å². The van der Waals surface area contributed by atoms with Crippen molar-refractivity contribution in [3.8, 4) is 0 Å². The molecule has 2 aromatic rings. The summed E-state index contributed by atoms with van der Waals surface area (Å²) in [6.45, 7) is 1.14. The van der Waals surface area contributed by atoms with Crippen LogP contribution in [0.25, 0.3) is 16.8 Å². The molecule has 2 aromatic carbocycles. The molecule has 1 N–H and O–H groups in total. The molecule has 1 heterocycles. The average Bonchev–Trinajstić information content (AvgIpc) is 2.86. The second-order valence-corrected chi connectivity index (χ2v) is 5.03. The first-order valence-electron chi connectivity index (χ1n) is 6.37. The van der Waals surface area contributed by atoms with Gasteiger partial charge < -0.3 is 5.32 Å². The predicted octanol–water partition coefficient (Wildman–Crippen LogP) is 3.52. The Bertz CT molecular complexity index is 612. The summed E-state index contributed by atoms with van der Waals surface area (Å²) in [6, 6.07) is 13.8. The van der Waals surface area contributed by atoms with Crippen LogP contribution in [0.4, 0.5) is 0 Å². The van der Waals surface area contributed by atoms with Crippen molar-refractivity contribution in [1.29, 1.82) is 0 Å². The van der Waals surface area contributed by atoms with E-state index in [9.17, 15) is 0 Å². The van der Waals surface area contributed by atoms with Gasteiger partial charge in [-0.2, -0.15) is 0 Å². The minimum atomic E-state index is 0.541. The lowest BCUT2D eigenvalue weighted by atomic mass is 9.83. The monoisotopic (exact) mass is 221 g/mol.